The summed E-state index contributed by atoms with van der Waals surface area (Å²) in [4.78, 5) is 38.0. The van der Waals surface area contributed by atoms with E-state index in [1.54, 1.807) is 7.11 Å². The van der Waals surface area contributed by atoms with Crippen LogP contribution in [0.5, 0.6) is 5.88 Å². The van der Waals surface area contributed by atoms with Crippen LogP contribution in [0.25, 0.3) is 22.3 Å². The third-order valence-corrected chi connectivity index (χ3v) is 6.92. The molecule has 9 heteroatoms. The quantitative estimate of drug-likeness (QED) is 0.431. The van der Waals surface area contributed by atoms with Crippen molar-refractivity contribution >= 4 is 16.9 Å². The number of nitrogens with zero attached hydrogens (tertiary/aromatic N) is 6. The first kappa shape index (κ1) is 22.6. The Morgan fingerprint density at radius 1 is 1.06 bits per heavy atom. The molecule has 1 aliphatic heterocycles. The first-order valence-corrected chi connectivity index (χ1v) is 12.4. The summed E-state index contributed by atoms with van der Waals surface area (Å²) in [6.07, 6.45) is 6.15. The van der Waals surface area contributed by atoms with Gasteiger partial charge in [0.05, 0.1) is 23.8 Å². The largest absolute Gasteiger partial charge is 0.481 e. The summed E-state index contributed by atoms with van der Waals surface area (Å²) in [5.74, 6) is 2.07. The van der Waals surface area contributed by atoms with Crippen molar-refractivity contribution in [3.63, 3.8) is 0 Å². The van der Waals surface area contributed by atoms with Gasteiger partial charge in [-0.15, -0.1) is 0 Å². The Hall–Kier alpha value is -3.85. The van der Waals surface area contributed by atoms with Crippen LogP contribution in [0.2, 0.25) is 0 Å². The number of ether oxygens (including phenoxy) is 1. The zero-order chi connectivity index (χ0) is 24.5. The zero-order valence-corrected chi connectivity index (χ0v) is 20.4. The SMILES string of the molecule is COc1cc(-c2ccc3nc(Cc4cc(CN5CCN(C(=O)C6CC6)CC5)ccn4)[nH]c3c2)ncn1. The van der Waals surface area contributed by atoms with E-state index in [1.807, 2.05) is 35.4 Å². The number of aromatic nitrogens is 5. The molecule has 3 aromatic heterocycles. The fourth-order valence-electron chi connectivity index (χ4n) is 4.78. The Labute approximate surface area is 209 Å². The zero-order valence-electron chi connectivity index (χ0n) is 20.4. The van der Waals surface area contributed by atoms with Crippen molar-refractivity contribution in [2.24, 2.45) is 5.92 Å². The number of fused-ring (bicyclic) bond motifs is 1. The maximum Gasteiger partial charge on any atom is 0.225 e. The first-order valence-electron chi connectivity index (χ1n) is 12.4. The minimum absolute atomic E-state index is 0.306. The van der Waals surface area contributed by atoms with Crippen molar-refractivity contribution in [2.75, 3.05) is 33.3 Å². The predicted molar refractivity (Wildman–Crippen MR) is 135 cm³/mol. The van der Waals surface area contributed by atoms with Crippen LogP contribution in [0.3, 0.4) is 0 Å². The van der Waals surface area contributed by atoms with Gasteiger partial charge >= 0.3 is 0 Å². The molecule has 4 aromatic rings. The molecule has 0 spiro atoms. The van der Waals surface area contributed by atoms with Crippen LogP contribution in [0.1, 0.15) is 29.9 Å². The van der Waals surface area contributed by atoms with Gasteiger partial charge in [0.1, 0.15) is 12.2 Å². The normalized spacial score (nSPS) is 16.4. The number of aromatic amines is 1. The summed E-state index contributed by atoms with van der Waals surface area (Å²) in [6.45, 7) is 4.36. The second-order valence-electron chi connectivity index (χ2n) is 9.57. The predicted octanol–water partition coefficient (Wildman–Crippen LogP) is 3.07. The van der Waals surface area contributed by atoms with Gasteiger partial charge in [-0.25, -0.2) is 15.0 Å². The van der Waals surface area contributed by atoms with Gasteiger partial charge in [-0.3, -0.25) is 14.7 Å². The molecule has 0 atom stereocenters. The highest BCUT2D eigenvalue weighted by Gasteiger charge is 2.34. The number of imidazole rings is 1. The lowest BCUT2D eigenvalue weighted by Gasteiger charge is -2.35. The molecular formula is C27H29N7O2. The van der Waals surface area contributed by atoms with Crippen molar-refractivity contribution in [2.45, 2.75) is 25.8 Å². The number of carbonyl (C=O) groups excluding carboxylic acids is 1. The summed E-state index contributed by atoms with van der Waals surface area (Å²) >= 11 is 0. The lowest BCUT2D eigenvalue weighted by Crippen LogP contribution is -2.48. The molecule has 1 aromatic carbocycles. The number of H-pyrrole nitrogens is 1. The maximum absolute atomic E-state index is 12.3. The first-order chi connectivity index (χ1) is 17.6. The maximum atomic E-state index is 12.3. The van der Waals surface area contributed by atoms with Crippen LogP contribution in [0.15, 0.2) is 48.9 Å². The number of nitrogens with one attached hydrogen (secondary N) is 1. The average molecular weight is 484 g/mol. The molecule has 36 heavy (non-hydrogen) atoms. The fraction of sp³-hybridized carbons (Fsp3) is 0.370. The molecule has 0 bridgehead atoms. The molecule has 4 heterocycles. The molecule has 1 saturated carbocycles. The number of amides is 1. The van der Waals surface area contributed by atoms with Crippen LogP contribution < -0.4 is 4.74 Å². The van der Waals surface area contributed by atoms with Crippen molar-refractivity contribution in [1.29, 1.82) is 0 Å². The number of methoxy groups -OCH3 is 1. The number of hydrogen-bond acceptors (Lipinski definition) is 7. The molecular weight excluding hydrogens is 454 g/mol. The Balaban J connectivity index is 1.11. The summed E-state index contributed by atoms with van der Waals surface area (Å²) in [5, 5.41) is 0. The topological polar surface area (TPSA) is 100 Å². The lowest BCUT2D eigenvalue weighted by molar-refractivity contribution is -0.134. The van der Waals surface area contributed by atoms with Gasteiger partial charge in [-0.2, -0.15) is 0 Å². The van der Waals surface area contributed by atoms with Gasteiger partial charge in [0.15, 0.2) is 0 Å². The van der Waals surface area contributed by atoms with Gasteiger partial charge < -0.3 is 14.6 Å². The van der Waals surface area contributed by atoms with E-state index in [2.05, 4.69) is 37.0 Å². The van der Waals surface area contributed by atoms with Crippen molar-refractivity contribution < 1.29 is 9.53 Å². The minimum atomic E-state index is 0.306. The molecule has 0 unspecified atom stereocenters. The summed E-state index contributed by atoms with van der Waals surface area (Å²) < 4.78 is 5.22. The van der Waals surface area contributed by atoms with Crippen molar-refractivity contribution in [3.05, 3.63) is 66.0 Å². The van der Waals surface area contributed by atoms with Gasteiger partial charge in [0.25, 0.3) is 0 Å². The molecule has 1 amide bonds. The van der Waals surface area contributed by atoms with Crippen LogP contribution in [-0.2, 0) is 17.8 Å². The third-order valence-electron chi connectivity index (χ3n) is 6.92. The van der Waals surface area contributed by atoms with E-state index in [-0.39, 0.29) is 0 Å². The minimum Gasteiger partial charge on any atom is -0.481 e. The van der Waals surface area contributed by atoms with E-state index in [0.717, 1.165) is 79.4 Å². The lowest BCUT2D eigenvalue weighted by atomic mass is 10.1. The van der Waals surface area contributed by atoms with Gasteiger partial charge in [-0.05, 0) is 42.7 Å². The Kier molecular flexibility index (Phi) is 6.06. The molecule has 0 radical (unpaired) electrons. The molecule has 9 nitrogen and oxygen atoms in total. The van der Waals surface area contributed by atoms with Crippen molar-refractivity contribution in [3.8, 4) is 17.1 Å². The number of carbonyl (C=O) groups is 1. The third kappa shape index (κ3) is 4.92. The summed E-state index contributed by atoms with van der Waals surface area (Å²) in [7, 11) is 1.59. The van der Waals surface area contributed by atoms with Crippen LogP contribution >= 0.6 is 0 Å². The highest BCUT2D eigenvalue weighted by Crippen LogP contribution is 2.31. The van der Waals surface area contributed by atoms with E-state index >= 15 is 0 Å². The monoisotopic (exact) mass is 483 g/mol. The van der Waals surface area contributed by atoms with E-state index in [9.17, 15) is 4.79 Å². The molecule has 2 fully saturated rings. The van der Waals surface area contributed by atoms with Gasteiger partial charge in [0, 0.05) is 68.6 Å². The van der Waals surface area contributed by atoms with Crippen molar-refractivity contribution in [1.82, 2.24) is 34.7 Å². The summed E-state index contributed by atoms with van der Waals surface area (Å²) in [5.41, 5.74) is 5.84. The number of hydrogen-bond donors (Lipinski definition) is 1. The van der Waals surface area contributed by atoms with Crippen LogP contribution in [-0.4, -0.2) is 73.9 Å². The number of pyridine rings is 1. The van der Waals surface area contributed by atoms with Crippen LogP contribution in [0.4, 0.5) is 0 Å². The van der Waals surface area contributed by atoms with E-state index < -0.39 is 0 Å². The van der Waals surface area contributed by atoms with Gasteiger partial charge in [0.2, 0.25) is 11.8 Å². The molecule has 1 saturated heterocycles. The average Bonchev–Trinajstić information content (AvgIpc) is 3.68. The number of benzene rings is 1. The standard InChI is InChI=1S/C27H29N7O2/c1-36-26-15-23(29-17-30-26)20-4-5-22-24(13-20)32-25(31-22)14-21-12-18(6-7-28-21)16-33-8-10-34(11-9-33)27(35)19-2-3-19/h4-7,12-13,15,17,19H,2-3,8-11,14,16H2,1H3,(H,31,32). The molecule has 184 valence electrons. The fourth-order valence-corrected chi connectivity index (χ4v) is 4.78. The molecule has 6 rings (SSSR count). The summed E-state index contributed by atoms with van der Waals surface area (Å²) in [6, 6.07) is 12.1. The highest BCUT2D eigenvalue weighted by atomic mass is 16.5. The molecule has 2 aliphatic rings. The Morgan fingerprint density at radius 3 is 2.72 bits per heavy atom. The van der Waals surface area contributed by atoms with E-state index in [4.69, 9.17) is 9.72 Å². The van der Waals surface area contributed by atoms with Gasteiger partial charge in [-0.1, -0.05) is 6.07 Å². The highest BCUT2D eigenvalue weighted by molar-refractivity contribution is 5.81. The number of piperazine rings is 1. The second kappa shape index (κ2) is 9.66. The van der Waals surface area contributed by atoms with E-state index in [0.29, 0.717) is 24.1 Å². The van der Waals surface area contributed by atoms with E-state index in [1.165, 1.54) is 11.9 Å². The Bertz CT molecular complexity index is 1390. The van der Waals surface area contributed by atoms with Crippen LogP contribution in [0, 0.1) is 5.92 Å². The number of rotatable bonds is 7. The second-order valence-corrected chi connectivity index (χ2v) is 9.57. The Morgan fingerprint density at radius 2 is 1.92 bits per heavy atom. The molecule has 1 N–H and O–H groups in total. The molecule has 1 aliphatic carbocycles. The smallest absolute Gasteiger partial charge is 0.225 e.